The van der Waals surface area contributed by atoms with Gasteiger partial charge in [-0.05, 0) is 72.0 Å². The molecule has 6 amide bonds. The number of nitrogens with one attached hydrogen (secondary N) is 4. The van der Waals surface area contributed by atoms with Gasteiger partial charge < -0.3 is 69.5 Å². The number of carbonyl (C=O) groups is 6. The summed E-state index contributed by atoms with van der Waals surface area (Å²) in [6.07, 6.45) is -1.05. The topological polar surface area (TPSA) is 264 Å². The first kappa shape index (κ1) is 59.9. The summed E-state index contributed by atoms with van der Waals surface area (Å²) in [6, 6.07) is 14.9. The van der Waals surface area contributed by atoms with Gasteiger partial charge in [-0.15, -0.1) is 11.3 Å². The van der Waals surface area contributed by atoms with Gasteiger partial charge in [0.15, 0.2) is 0 Å². The van der Waals surface area contributed by atoms with Crippen LogP contribution in [-0.2, 0) is 54.2 Å². The van der Waals surface area contributed by atoms with Crippen molar-refractivity contribution in [2.45, 2.75) is 70.9 Å². The van der Waals surface area contributed by atoms with E-state index in [4.69, 9.17) is 23.7 Å². The average Bonchev–Trinajstić information content (AvgIpc) is 4.40. The highest BCUT2D eigenvalue weighted by Crippen LogP contribution is 2.33. The second-order valence-electron chi connectivity index (χ2n) is 20.2. The number of hydrogen-bond acceptors (Lipinski definition) is 15. The number of likely N-dealkylation sites (N-methyl/N-ethyl adjacent to an activating group) is 1. The summed E-state index contributed by atoms with van der Waals surface area (Å²) in [7, 11) is 1.63. The summed E-state index contributed by atoms with van der Waals surface area (Å²) in [6.45, 7) is 9.28. The number of aliphatic hydroxyl groups excluding tert-OH is 1. The van der Waals surface area contributed by atoms with Crippen molar-refractivity contribution in [3.8, 4) is 10.4 Å². The number of hydrogen-bond donors (Lipinski definition) is 6. The molecule has 5 aromatic rings. The Morgan fingerprint density at radius 1 is 0.873 bits per heavy atom. The summed E-state index contributed by atoms with van der Waals surface area (Å²) in [5, 5.41) is 30.2. The monoisotopic (exact) mass is 1120 g/mol. The van der Waals surface area contributed by atoms with Gasteiger partial charge in [0.25, 0.3) is 17.7 Å². The van der Waals surface area contributed by atoms with Crippen LogP contribution in [0.5, 0.6) is 0 Å². The van der Waals surface area contributed by atoms with E-state index in [1.807, 2.05) is 52.0 Å². The predicted octanol–water partition coefficient (Wildman–Crippen LogP) is 3.63. The number of anilines is 2. The minimum atomic E-state index is -2.38. The Kier molecular flexibility index (Phi) is 20.8. The van der Waals surface area contributed by atoms with Crippen LogP contribution in [0.3, 0.4) is 0 Å². The second-order valence-corrected chi connectivity index (χ2v) is 21.1. The lowest BCUT2D eigenvalue weighted by Crippen LogP contribution is -2.58. The fourth-order valence-corrected chi connectivity index (χ4v) is 9.88. The number of halogens is 2. The number of carbonyl (C=O) groups excluding carboxylic acids is 6. The van der Waals surface area contributed by atoms with E-state index in [-0.39, 0.29) is 102 Å². The maximum absolute atomic E-state index is 14.0. The van der Waals surface area contributed by atoms with E-state index in [1.54, 1.807) is 36.8 Å². The molecule has 0 aliphatic carbocycles. The molecule has 4 atom stereocenters. The van der Waals surface area contributed by atoms with Crippen LogP contribution < -0.4 is 25.8 Å². The first-order valence-electron chi connectivity index (χ1n) is 25.9. The first-order chi connectivity index (χ1) is 37.7. The van der Waals surface area contributed by atoms with Crippen LogP contribution in [0.4, 0.5) is 20.2 Å². The zero-order valence-corrected chi connectivity index (χ0v) is 45.6. The van der Waals surface area contributed by atoms with Gasteiger partial charge in [0.2, 0.25) is 23.3 Å². The van der Waals surface area contributed by atoms with E-state index >= 15 is 0 Å². The Hall–Kier alpha value is -6.77. The van der Waals surface area contributed by atoms with Crippen molar-refractivity contribution >= 4 is 69.1 Å². The van der Waals surface area contributed by atoms with Crippen molar-refractivity contribution in [3.05, 3.63) is 101 Å². The van der Waals surface area contributed by atoms with E-state index < -0.39 is 64.5 Å². The van der Waals surface area contributed by atoms with Crippen LogP contribution in [0.25, 0.3) is 21.3 Å². The fraction of sp³-hybridized carbons (Fsp3) is 0.473. The Morgan fingerprint density at radius 2 is 1.51 bits per heavy atom. The van der Waals surface area contributed by atoms with E-state index in [2.05, 4.69) is 25.9 Å². The smallest absolute Gasteiger partial charge is 0.268 e. The van der Waals surface area contributed by atoms with Gasteiger partial charge >= 0.3 is 0 Å². The Balaban J connectivity index is 0.703. The number of nitrogens with zero attached hydrogens (tertiary/aromatic N) is 4. The van der Waals surface area contributed by atoms with Crippen LogP contribution in [0.1, 0.15) is 55.4 Å². The number of aromatic nitrogens is 2. The number of aromatic amines is 1. The average molecular weight is 1120 g/mol. The third-order valence-corrected chi connectivity index (χ3v) is 14.3. The second kappa shape index (κ2) is 27.4. The Labute approximate surface area is 459 Å². The minimum absolute atomic E-state index is 0.0299. The SMILES string of the molecule is Cc1ncsc1-c1ccc(N(C)C(=O)[C@@H]2C[C@@H](O)CN2C(=O)[C@@H](NC(=O)COCCOCCOCCOCCOCCNC(=O)c2cc3cc(N4CCC(O)(C(=O)NCc5cc(F)cc(F)c5)C4=O)ccc3[nH]2)C(C)(C)C)cc1. The van der Waals surface area contributed by atoms with Crippen molar-refractivity contribution in [1.82, 2.24) is 30.8 Å². The third kappa shape index (κ3) is 15.7. The quantitative estimate of drug-likeness (QED) is 0.0324. The maximum Gasteiger partial charge on any atom is 0.268 e. The zero-order chi connectivity index (χ0) is 56.9. The molecule has 21 nitrogen and oxygen atoms in total. The third-order valence-electron chi connectivity index (χ3n) is 13.3. The molecule has 2 aromatic heterocycles. The summed E-state index contributed by atoms with van der Waals surface area (Å²) >= 11 is 1.53. The maximum atomic E-state index is 14.0. The number of benzene rings is 3. The largest absolute Gasteiger partial charge is 0.391 e. The zero-order valence-electron chi connectivity index (χ0n) is 44.8. The number of thiazole rings is 1. The summed E-state index contributed by atoms with van der Waals surface area (Å²) in [5.74, 6) is -5.21. The van der Waals surface area contributed by atoms with E-state index in [9.17, 15) is 47.8 Å². The minimum Gasteiger partial charge on any atom is -0.391 e. The summed E-state index contributed by atoms with van der Waals surface area (Å²) < 4.78 is 54.8. The van der Waals surface area contributed by atoms with Gasteiger partial charge in [0, 0.05) is 74.4 Å². The van der Waals surface area contributed by atoms with E-state index in [0.717, 1.165) is 28.3 Å². The highest BCUT2D eigenvalue weighted by atomic mass is 32.1. The lowest BCUT2D eigenvalue weighted by atomic mass is 9.85. The van der Waals surface area contributed by atoms with Crippen LogP contribution in [-0.4, -0.2) is 177 Å². The van der Waals surface area contributed by atoms with Crippen molar-refractivity contribution in [3.63, 3.8) is 0 Å². The molecule has 2 saturated heterocycles. The molecule has 79 heavy (non-hydrogen) atoms. The van der Waals surface area contributed by atoms with Crippen LogP contribution in [0, 0.1) is 24.0 Å². The Bertz CT molecular complexity index is 2910. The highest BCUT2D eigenvalue weighted by molar-refractivity contribution is 7.13. The number of rotatable bonds is 27. The molecule has 2 aliphatic rings. The van der Waals surface area contributed by atoms with E-state index in [1.165, 1.54) is 26.0 Å². The van der Waals surface area contributed by atoms with Crippen LogP contribution in [0.2, 0.25) is 0 Å². The number of aliphatic hydroxyl groups is 2. The first-order valence-corrected chi connectivity index (χ1v) is 26.7. The molecule has 426 valence electrons. The summed E-state index contributed by atoms with van der Waals surface area (Å²) in [4.78, 5) is 92.4. The number of β-amino-alcohol motifs (C(OH)–C–C–N with tert-alkyl or cyclic N) is 1. The number of likely N-dealkylation sites (tertiary alicyclic amines) is 1. The standard InChI is InChI=1S/C55H68F2N8O13S/c1-34-47(79-33-60-34)36-6-8-40(9-7-36)63(5)50(69)45-29-42(66)31-65(45)51(70)48(54(2,3)4)62-46(67)32-78-23-22-77-21-20-76-19-18-75-17-16-74-15-13-58-49(68)44-27-37-26-41(10-11-43(37)61-44)64-14-12-55(73,53(64)72)52(71)59-30-35-24-38(56)28-39(57)25-35/h6-11,24-28,33,42,45,48,61,66,73H,12-23,29-32H2,1-5H3,(H,58,68)(H,59,71)(H,62,67)/t42-,45+,48-,55?/m1/s1. The molecule has 2 aliphatic heterocycles. The molecule has 0 bridgehead atoms. The van der Waals surface area contributed by atoms with Crippen molar-refractivity contribution in [1.29, 1.82) is 0 Å². The fourth-order valence-electron chi connectivity index (χ4n) is 9.07. The molecular weight excluding hydrogens is 1050 g/mol. The number of amides is 6. The molecule has 4 heterocycles. The van der Waals surface area contributed by atoms with Gasteiger partial charge in [-0.1, -0.05) is 32.9 Å². The van der Waals surface area contributed by atoms with Crippen LogP contribution in [0.15, 0.2) is 72.2 Å². The molecule has 0 radical (unpaired) electrons. The van der Waals surface area contributed by atoms with Crippen LogP contribution >= 0.6 is 11.3 Å². The number of aryl methyl sites for hydroxylation is 1. The molecular formula is C55H68F2N8O13S. The molecule has 0 spiro atoms. The van der Waals surface area contributed by atoms with Crippen molar-refractivity contribution in [2.24, 2.45) is 5.41 Å². The molecule has 0 saturated carbocycles. The van der Waals surface area contributed by atoms with Gasteiger partial charge in [-0.25, -0.2) is 13.8 Å². The molecule has 2 fully saturated rings. The van der Waals surface area contributed by atoms with Gasteiger partial charge in [-0.2, -0.15) is 0 Å². The lowest BCUT2D eigenvalue weighted by Gasteiger charge is -2.36. The molecule has 1 unspecified atom stereocenters. The molecule has 3 aromatic carbocycles. The number of ether oxygens (including phenoxy) is 5. The lowest BCUT2D eigenvalue weighted by molar-refractivity contribution is -0.149. The normalized spacial score (nSPS) is 17.8. The highest BCUT2D eigenvalue weighted by Gasteiger charge is 2.52. The van der Waals surface area contributed by atoms with Crippen molar-refractivity contribution < 1.29 is 71.4 Å². The molecule has 24 heteroatoms. The predicted molar refractivity (Wildman–Crippen MR) is 288 cm³/mol. The number of fused-ring (bicyclic) bond motifs is 1. The van der Waals surface area contributed by atoms with E-state index in [0.29, 0.717) is 54.8 Å². The Morgan fingerprint density at radius 3 is 2.13 bits per heavy atom. The van der Waals surface area contributed by atoms with Gasteiger partial charge in [-0.3, -0.25) is 28.8 Å². The number of H-pyrrole nitrogens is 1. The van der Waals surface area contributed by atoms with Crippen molar-refractivity contribution in [2.75, 3.05) is 103 Å². The van der Waals surface area contributed by atoms with Gasteiger partial charge in [0.1, 0.15) is 36.0 Å². The summed E-state index contributed by atoms with van der Waals surface area (Å²) in [5.41, 5.74) is 2.61. The molecule has 7 rings (SSSR count). The molecule has 6 N–H and O–H groups in total. The van der Waals surface area contributed by atoms with Gasteiger partial charge in [0.05, 0.1) is 81.6 Å².